The second-order valence-corrected chi connectivity index (χ2v) is 8.35. The summed E-state index contributed by atoms with van der Waals surface area (Å²) < 4.78 is 60.8. The van der Waals surface area contributed by atoms with Crippen LogP contribution in [0.25, 0.3) is 16.8 Å². The molecule has 2 aromatic carbocycles. The molecule has 4 aromatic rings. The number of carboxylic acid groups (broad SMARTS) is 1. The fourth-order valence-corrected chi connectivity index (χ4v) is 3.71. The number of methoxy groups -OCH3 is 1. The predicted octanol–water partition coefficient (Wildman–Crippen LogP) is 4.58. The monoisotopic (exact) mass is 565 g/mol. The number of carboxylic acids is 1. The van der Waals surface area contributed by atoms with Gasteiger partial charge in [-0.25, -0.2) is 13.9 Å². The minimum Gasteiger partial charge on any atom is -0.495 e. The van der Waals surface area contributed by atoms with Crippen molar-refractivity contribution in [2.75, 3.05) is 12.4 Å². The zero-order chi connectivity index (χ0) is 28.5. The third-order valence-electron chi connectivity index (χ3n) is 5.40. The van der Waals surface area contributed by atoms with E-state index in [4.69, 9.17) is 21.4 Å². The van der Waals surface area contributed by atoms with Gasteiger partial charge in [0.15, 0.2) is 5.69 Å². The molecule has 2 aromatic heterocycles. The van der Waals surface area contributed by atoms with Crippen molar-refractivity contribution in [3.05, 3.63) is 87.6 Å². The summed E-state index contributed by atoms with van der Waals surface area (Å²) in [5.41, 5.74) is -2.03. The average Bonchev–Trinajstić information content (AvgIpc) is 3.39. The van der Waals surface area contributed by atoms with Gasteiger partial charge in [-0.3, -0.25) is 14.2 Å². The van der Waals surface area contributed by atoms with E-state index in [9.17, 15) is 27.6 Å². The second kappa shape index (κ2) is 10.6. The molecule has 0 bridgehead atoms. The second-order valence-electron chi connectivity index (χ2n) is 7.92. The molecule has 0 spiro atoms. The van der Waals surface area contributed by atoms with Crippen molar-refractivity contribution in [3.63, 3.8) is 0 Å². The lowest BCUT2D eigenvalue weighted by Crippen LogP contribution is -2.30. The van der Waals surface area contributed by atoms with Crippen LogP contribution in [0.1, 0.15) is 22.3 Å². The number of halogens is 5. The Kier molecular flexibility index (Phi) is 7.40. The molecule has 2 N–H and O–H groups in total. The number of amides is 1. The number of ether oxygens (including phenoxy) is 1. The van der Waals surface area contributed by atoms with Gasteiger partial charge < -0.3 is 15.2 Å². The summed E-state index contributed by atoms with van der Waals surface area (Å²) in [6.07, 6.45) is -5.71. The Morgan fingerprint density at radius 3 is 2.36 bits per heavy atom. The molecule has 15 heteroatoms. The Labute approximate surface area is 221 Å². The molecule has 0 saturated carbocycles. The van der Waals surface area contributed by atoms with Crippen molar-refractivity contribution >= 4 is 29.2 Å². The zero-order valence-corrected chi connectivity index (χ0v) is 20.4. The number of nitrogens with one attached hydrogen (secondary N) is 1. The van der Waals surface area contributed by atoms with Gasteiger partial charge in [-0.05, 0) is 42.5 Å². The Balaban J connectivity index is 1.70. The summed E-state index contributed by atoms with van der Waals surface area (Å²) in [6.45, 7) is 0. The van der Waals surface area contributed by atoms with E-state index in [2.05, 4.69) is 15.6 Å². The van der Waals surface area contributed by atoms with Crippen LogP contribution < -0.4 is 15.6 Å². The molecular weight excluding hydrogens is 550 g/mol. The number of benzene rings is 2. The largest absolute Gasteiger partial charge is 0.495 e. The minimum absolute atomic E-state index is 0.0252. The summed E-state index contributed by atoms with van der Waals surface area (Å²) in [5, 5.41) is 18.0. The fraction of sp³-hybridized carbons (Fsp3) is 0.125. The van der Waals surface area contributed by atoms with Crippen molar-refractivity contribution in [3.8, 4) is 22.6 Å². The van der Waals surface area contributed by atoms with Crippen molar-refractivity contribution in [2.24, 2.45) is 0 Å². The molecule has 1 amide bonds. The van der Waals surface area contributed by atoms with E-state index in [-0.39, 0.29) is 38.8 Å². The molecule has 1 unspecified atom stereocenters. The number of rotatable bonds is 7. The average molecular weight is 566 g/mol. The van der Waals surface area contributed by atoms with Crippen LogP contribution in [-0.2, 0) is 11.0 Å². The fourth-order valence-electron chi connectivity index (χ4n) is 3.54. The van der Waals surface area contributed by atoms with Gasteiger partial charge >= 0.3 is 12.1 Å². The number of carbonyl (C=O) groups is 2. The topological polar surface area (TPSA) is 128 Å². The lowest BCUT2D eigenvalue weighted by molar-refractivity contribution is -0.141. The number of hydrogen-bond acceptors (Lipinski definition) is 6. The molecule has 2 heterocycles. The molecule has 0 radical (unpaired) electrons. The molecule has 4 rings (SSSR count). The van der Waals surface area contributed by atoms with Crippen LogP contribution in [0, 0.1) is 0 Å². The Bertz CT molecular complexity index is 1620. The Hall–Kier alpha value is -4.72. The van der Waals surface area contributed by atoms with E-state index in [1.807, 2.05) is 0 Å². The summed E-state index contributed by atoms with van der Waals surface area (Å²) >= 11 is 6.10. The van der Waals surface area contributed by atoms with E-state index in [0.717, 1.165) is 16.9 Å². The molecule has 0 saturated heterocycles. The maximum Gasteiger partial charge on any atom is 0.436 e. The highest BCUT2D eigenvalue weighted by Gasteiger charge is 2.35. The molecule has 202 valence electrons. The standard InChI is InChI=1S/C24H16ClF4N5O5/c1-39-18-10-33(21(26)22(36)30-14-5-2-12(3-6-14)23(37)38)20(35)9-16(18)15-8-13(25)4-7-17(15)34-11-19(31-32-34)24(27,28)29/h2-11,21H,1H3,(H,30,36)(H,37,38). The smallest absolute Gasteiger partial charge is 0.436 e. The van der Waals surface area contributed by atoms with E-state index < -0.39 is 35.6 Å². The van der Waals surface area contributed by atoms with Gasteiger partial charge in [-0.15, -0.1) is 5.10 Å². The first-order valence-electron chi connectivity index (χ1n) is 10.8. The normalized spacial score (nSPS) is 12.2. The van der Waals surface area contributed by atoms with Gasteiger partial charge in [0.25, 0.3) is 17.8 Å². The number of alkyl halides is 4. The molecule has 39 heavy (non-hydrogen) atoms. The van der Waals surface area contributed by atoms with Gasteiger partial charge in [-0.1, -0.05) is 16.8 Å². The molecule has 0 aliphatic carbocycles. The SMILES string of the molecule is COc1cn(C(F)C(=O)Nc2ccc(C(=O)O)cc2)c(=O)cc1-c1cc(Cl)ccc1-n1cc(C(F)(F)F)nn1. The molecular formula is C24H16ClF4N5O5. The van der Waals surface area contributed by atoms with Crippen LogP contribution in [-0.4, -0.2) is 43.7 Å². The van der Waals surface area contributed by atoms with Crippen LogP contribution in [0.5, 0.6) is 5.75 Å². The highest BCUT2D eigenvalue weighted by atomic mass is 35.5. The highest BCUT2D eigenvalue weighted by Crippen LogP contribution is 2.36. The summed E-state index contributed by atoms with van der Waals surface area (Å²) in [4.78, 5) is 36.3. The minimum atomic E-state index is -4.75. The van der Waals surface area contributed by atoms with Crippen molar-refractivity contribution < 1.29 is 37.0 Å². The van der Waals surface area contributed by atoms with Gasteiger partial charge in [0.05, 0.1) is 30.8 Å². The van der Waals surface area contributed by atoms with Gasteiger partial charge in [0, 0.05) is 27.9 Å². The third-order valence-corrected chi connectivity index (χ3v) is 5.64. The predicted molar refractivity (Wildman–Crippen MR) is 130 cm³/mol. The number of nitrogens with zero attached hydrogens (tertiary/aromatic N) is 4. The van der Waals surface area contributed by atoms with E-state index in [1.54, 1.807) is 0 Å². The van der Waals surface area contributed by atoms with E-state index in [0.29, 0.717) is 10.8 Å². The van der Waals surface area contributed by atoms with Crippen LogP contribution in [0.15, 0.2) is 65.7 Å². The van der Waals surface area contributed by atoms with Gasteiger partial charge in [0.1, 0.15) is 5.75 Å². The van der Waals surface area contributed by atoms with Gasteiger partial charge in [0.2, 0.25) is 0 Å². The van der Waals surface area contributed by atoms with Gasteiger partial charge in [-0.2, -0.15) is 13.2 Å². The number of anilines is 1. The highest BCUT2D eigenvalue weighted by molar-refractivity contribution is 6.31. The first kappa shape index (κ1) is 27.3. The molecule has 1 atom stereocenters. The number of hydrogen-bond donors (Lipinski definition) is 2. The van der Waals surface area contributed by atoms with E-state index in [1.165, 1.54) is 49.6 Å². The third kappa shape index (κ3) is 5.75. The molecule has 10 nitrogen and oxygen atoms in total. The molecule has 0 aliphatic heterocycles. The quantitative estimate of drug-likeness (QED) is 0.314. The zero-order valence-electron chi connectivity index (χ0n) is 19.6. The van der Waals surface area contributed by atoms with Crippen molar-refractivity contribution in [2.45, 2.75) is 12.5 Å². The van der Waals surface area contributed by atoms with Crippen LogP contribution in [0.4, 0.5) is 23.2 Å². The lowest BCUT2D eigenvalue weighted by atomic mass is 10.0. The van der Waals surface area contributed by atoms with Crippen LogP contribution >= 0.6 is 11.6 Å². The molecule has 0 aliphatic rings. The first-order valence-corrected chi connectivity index (χ1v) is 11.1. The number of pyridine rings is 1. The Morgan fingerprint density at radius 2 is 1.77 bits per heavy atom. The van der Waals surface area contributed by atoms with Crippen molar-refractivity contribution in [1.29, 1.82) is 0 Å². The number of aromatic nitrogens is 4. The number of aromatic carboxylic acids is 1. The summed E-state index contributed by atoms with van der Waals surface area (Å²) in [6, 6.07) is 9.89. The van der Waals surface area contributed by atoms with Crippen LogP contribution in [0.3, 0.4) is 0 Å². The van der Waals surface area contributed by atoms with E-state index >= 15 is 4.39 Å². The van der Waals surface area contributed by atoms with Crippen molar-refractivity contribution in [1.82, 2.24) is 19.6 Å². The summed E-state index contributed by atoms with van der Waals surface area (Å²) in [5.74, 6) is -2.54. The molecule has 0 fully saturated rings. The maximum atomic E-state index is 15.1. The lowest BCUT2D eigenvalue weighted by Gasteiger charge is -2.17. The Morgan fingerprint density at radius 1 is 1.08 bits per heavy atom. The first-order chi connectivity index (χ1) is 18.4. The number of carbonyl (C=O) groups excluding carboxylic acids is 1. The maximum absolute atomic E-state index is 15.1. The summed E-state index contributed by atoms with van der Waals surface area (Å²) in [7, 11) is 1.20. The van der Waals surface area contributed by atoms with Crippen LogP contribution in [0.2, 0.25) is 5.02 Å².